The standard InChI is InChI=1S/C22H35NO5Si/c1-15(2)29(16(3)4,17(5)6)28-19-12-13-23(20(19)21(24)25)22(26)27-14-18-10-8-7-9-11-18/h7-11,15-17,19-20H,12-14H2,1-6H3,(H,24,25)/t19-,20-/m1/s1. The molecule has 2 rings (SSSR count). The lowest BCUT2D eigenvalue weighted by Crippen LogP contribution is -2.54. The molecule has 0 unspecified atom stereocenters. The maximum absolute atomic E-state index is 12.6. The second kappa shape index (κ2) is 9.76. The van der Waals surface area contributed by atoms with Crippen molar-refractivity contribution in [1.82, 2.24) is 4.90 Å². The molecule has 1 aromatic carbocycles. The van der Waals surface area contributed by atoms with E-state index in [1.54, 1.807) is 0 Å². The zero-order valence-electron chi connectivity index (χ0n) is 18.4. The van der Waals surface area contributed by atoms with E-state index in [9.17, 15) is 14.7 Å². The number of ether oxygens (including phenoxy) is 1. The molecule has 0 radical (unpaired) electrons. The minimum absolute atomic E-state index is 0.122. The number of carbonyl (C=O) groups excluding carboxylic acids is 1. The highest BCUT2D eigenvalue weighted by molar-refractivity contribution is 6.77. The normalized spacial score (nSPS) is 20.0. The molecule has 1 amide bonds. The van der Waals surface area contributed by atoms with Gasteiger partial charge in [-0.15, -0.1) is 0 Å². The lowest BCUT2D eigenvalue weighted by atomic mass is 10.2. The Kier molecular flexibility index (Phi) is 7.88. The average molecular weight is 422 g/mol. The highest BCUT2D eigenvalue weighted by Crippen LogP contribution is 2.44. The van der Waals surface area contributed by atoms with Crippen molar-refractivity contribution in [1.29, 1.82) is 0 Å². The molecular formula is C22H35NO5Si. The van der Waals surface area contributed by atoms with Crippen LogP contribution >= 0.6 is 0 Å². The SMILES string of the molecule is CC(C)[Si](O[C@@H]1CCN(C(=O)OCc2ccccc2)[C@H]1C(=O)O)(C(C)C)C(C)C. The van der Waals surface area contributed by atoms with Gasteiger partial charge in [-0.3, -0.25) is 4.90 Å². The van der Waals surface area contributed by atoms with Crippen LogP contribution in [0.5, 0.6) is 0 Å². The Hall–Kier alpha value is -1.86. The average Bonchev–Trinajstić information content (AvgIpc) is 3.08. The molecule has 0 spiro atoms. The van der Waals surface area contributed by atoms with Gasteiger partial charge in [0.25, 0.3) is 0 Å². The monoisotopic (exact) mass is 421 g/mol. The number of benzene rings is 1. The van der Waals surface area contributed by atoms with Gasteiger partial charge in [0, 0.05) is 6.54 Å². The number of carboxylic acid groups (broad SMARTS) is 1. The molecule has 1 aliphatic heterocycles. The quantitative estimate of drug-likeness (QED) is 0.595. The number of carboxylic acids is 1. The first kappa shape index (κ1) is 23.4. The summed E-state index contributed by atoms with van der Waals surface area (Å²) < 4.78 is 12.1. The molecule has 0 saturated carbocycles. The first-order valence-electron chi connectivity index (χ1n) is 10.5. The smallest absolute Gasteiger partial charge is 0.410 e. The molecule has 7 heteroatoms. The first-order valence-corrected chi connectivity index (χ1v) is 12.6. The van der Waals surface area contributed by atoms with Crippen molar-refractivity contribution in [2.24, 2.45) is 0 Å². The maximum atomic E-state index is 12.6. The number of likely N-dealkylation sites (tertiary alicyclic amines) is 1. The molecule has 0 bridgehead atoms. The summed E-state index contributed by atoms with van der Waals surface area (Å²) in [5.41, 5.74) is 1.90. The van der Waals surface area contributed by atoms with Crippen molar-refractivity contribution in [3.8, 4) is 0 Å². The fourth-order valence-corrected chi connectivity index (χ4v) is 10.4. The summed E-state index contributed by atoms with van der Waals surface area (Å²) >= 11 is 0. The molecular weight excluding hydrogens is 386 g/mol. The van der Waals surface area contributed by atoms with E-state index in [2.05, 4.69) is 41.5 Å². The molecule has 1 saturated heterocycles. The lowest BCUT2D eigenvalue weighted by Gasteiger charge is -2.44. The van der Waals surface area contributed by atoms with E-state index in [1.807, 2.05) is 30.3 Å². The van der Waals surface area contributed by atoms with Crippen LogP contribution in [0.25, 0.3) is 0 Å². The van der Waals surface area contributed by atoms with Gasteiger partial charge >= 0.3 is 12.1 Å². The summed E-state index contributed by atoms with van der Waals surface area (Å²) in [4.78, 5) is 26.0. The Labute approximate surface area is 175 Å². The molecule has 162 valence electrons. The maximum Gasteiger partial charge on any atom is 0.410 e. The van der Waals surface area contributed by atoms with Gasteiger partial charge < -0.3 is 14.3 Å². The van der Waals surface area contributed by atoms with Gasteiger partial charge in [-0.2, -0.15) is 0 Å². The van der Waals surface area contributed by atoms with Crippen LogP contribution in [0.4, 0.5) is 4.79 Å². The number of hydrogen-bond donors (Lipinski definition) is 1. The van der Waals surface area contributed by atoms with Gasteiger partial charge in [0.2, 0.25) is 8.32 Å². The number of nitrogens with zero attached hydrogens (tertiary/aromatic N) is 1. The highest BCUT2D eigenvalue weighted by Gasteiger charge is 2.52. The Morgan fingerprint density at radius 3 is 2.10 bits per heavy atom. The number of rotatable bonds is 8. The number of hydrogen-bond acceptors (Lipinski definition) is 4. The Morgan fingerprint density at radius 1 is 1.07 bits per heavy atom. The Morgan fingerprint density at radius 2 is 1.62 bits per heavy atom. The zero-order chi connectivity index (χ0) is 21.8. The zero-order valence-corrected chi connectivity index (χ0v) is 19.4. The van der Waals surface area contributed by atoms with Crippen LogP contribution in [-0.2, 0) is 20.6 Å². The highest BCUT2D eigenvalue weighted by atomic mass is 28.4. The number of amides is 1. The minimum atomic E-state index is -2.26. The first-order chi connectivity index (χ1) is 13.6. The van der Waals surface area contributed by atoms with Crippen molar-refractivity contribution in [3.05, 3.63) is 35.9 Å². The summed E-state index contributed by atoms with van der Waals surface area (Å²) in [7, 11) is -2.26. The van der Waals surface area contributed by atoms with Crippen LogP contribution in [-0.4, -0.2) is 49.1 Å². The third kappa shape index (κ3) is 5.01. The third-order valence-electron chi connectivity index (χ3n) is 6.10. The predicted molar refractivity (Wildman–Crippen MR) is 115 cm³/mol. The Balaban J connectivity index is 2.16. The minimum Gasteiger partial charge on any atom is -0.480 e. The van der Waals surface area contributed by atoms with Crippen LogP contribution in [0.2, 0.25) is 16.6 Å². The number of aliphatic carboxylic acids is 1. The van der Waals surface area contributed by atoms with Crippen molar-refractivity contribution >= 4 is 20.4 Å². The van der Waals surface area contributed by atoms with Crippen LogP contribution in [0.1, 0.15) is 53.5 Å². The molecule has 1 heterocycles. The summed E-state index contributed by atoms with van der Waals surface area (Å²) in [5, 5.41) is 9.89. The summed E-state index contributed by atoms with van der Waals surface area (Å²) in [6.07, 6.45) is -0.591. The summed E-state index contributed by atoms with van der Waals surface area (Å²) in [5.74, 6) is -1.04. The van der Waals surface area contributed by atoms with Crippen molar-refractivity contribution in [2.45, 2.75) is 83.3 Å². The van der Waals surface area contributed by atoms with E-state index in [4.69, 9.17) is 9.16 Å². The summed E-state index contributed by atoms with van der Waals surface area (Å²) in [6.45, 7) is 13.5. The topological polar surface area (TPSA) is 76.1 Å². The fraction of sp³-hybridized carbons (Fsp3) is 0.636. The second-order valence-corrected chi connectivity index (χ2v) is 14.2. The summed E-state index contributed by atoms with van der Waals surface area (Å²) in [6, 6.07) is 8.36. The molecule has 1 aliphatic rings. The molecule has 1 N–H and O–H groups in total. The predicted octanol–water partition coefficient (Wildman–Crippen LogP) is 5.04. The van der Waals surface area contributed by atoms with Gasteiger partial charge in [0.15, 0.2) is 6.04 Å². The van der Waals surface area contributed by atoms with Crippen LogP contribution in [0, 0.1) is 0 Å². The van der Waals surface area contributed by atoms with Gasteiger partial charge in [-0.1, -0.05) is 71.9 Å². The van der Waals surface area contributed by atoms with E-state index in [0.29, 0.717) is 29.6 Å². The van der Waals surface area contributed by atoms with E-state index in [0.717, 1.165) is 5.56 Å². The van der Waals surface area contributed by atoms with E-state index in [-0.39, 0.29) is 6.61 Å². The van der Waals surface area contributed by atoms with Crippen molar-refractivity contribution in [3.63, 3.8) is 0 Å². The fourth-order valence-electron chi connectivity index (χ4n) is 4.86. The lowest BCUT2D eigenvalue weighted by molar-refractivity contribution is -0.144. The van der Waals surface area contributed by atoms with E-state index in [1.165, 1.54) is 4.90 Å². The van der Waals surface area contributed by atoms with Gasteiger partial charge in [-0.05, 0) is 28.6 Å². The van der Waals surface area contributed by atoms with Gasteiger partial charge in [0.1, 0.15) is 6.61 Å². The van der Waals surface area contributed by atoms with Crippen molar-refractivity contribution < 1.29 is 23.9 Å². The molecule has 0 aliphatic carbocycles. The van der Waals surface area contributed by atoms with Crippen LogP contribution in [0.15, 0.2) is 30.3 Å². The molecule has 29 heavy (non-hydrogen) atoms. The molecule has 0 aromatic heterocycles. The largest absolute Gasteiger partial charge is 0.480 e. The Bertz CT molecular complexity index is 670. The molecule has 6 nitrogen and oxygen atoms in total. The van der Waals surface area contributed by atoms with Crippen LogP contribution in [0.3, 0.4) is 0 Å². The number of carbonyl (C=O) groups is 2. The molecule has 1 aromatic rings. The molecule has 2 atom stereocenters. The second-order valence-electron chi connectivity index (χ2n) is 8.78. The third-order valence-corrected chi connectivity index (χ3v) is 12.2. The van der Waals surface area contributed by atoms with Crippen LogP contribution < -0.4 is 0 Å². The van der Waals surface area contributed by atoms with E-state index >= 15 is 0 Å². The molecule has 1 fully saturated rings. The van der Waals surface area contributed by atoms with Gasteiger partial charge in [0.05, 0.1) is 6.10 Å². The van der Waals surface area contributed by atoms with E-state index < -0.39 is 32.5 Å². The van der Waals surface area contributed by atoms with Crippen molar-refractivity contribution in [2.75, 3.05) is 6.54 Å². The van der Waals surface area contributed by atoms with Gasteiger partial charge in [-0.25, -0.2) is 9.59 Å².